The molecular formula is C19H31N3O3. The van der Waals surface area contributed by atoms with Crippen LogP contribution in [0.5, 0.6) is 0 Å². The molecule has 2 saturated carbocycles. The molecule has 2 aliphatic carbocycles. The molecule has 0 aromatic carbocycles. The summed E-state index contributed by atoms with van der Waals surface area (Å²) in [7, 11) is 0. The Balaban J connectivity index is 1.60. The van der Waals surface area contributed by atoms with Gasteiger partial charge in [0, 0.05) is 6.04 Å². The highest BCUT2D eigenvalue weighted by molar-refractivity contribution is 6.06. The fourth-order valence-electron chi connectivity index (χ4n) is 5.16. The SMILES string of the molecule is CC(C)C[C@@H]1NC(=O)N(CC(=O)N[C@H]2C[C@H]3CC[C@@]2(C)C3(C)C)C1=O. The number of hydrogen-bond acceptors (Lipinski definition) is 3. The lowest BCUT2D eigenvalue weighted by Crippen LogP contribution is -2.50. The molecule has 3 rings (SSSR count). The van der Waals surface area contributed by atoms with Crippen molar-refractivity contribution < 1.29 is 14.4 Å². The van der Waals surface area contributed by atoms with Gasteiger partial charge in [0.05, 0.1) is 0 Å². The summed E-state index contributed by atoms with van der Waals surface area (Å²) in [6.45, 7) is 10.7. The first-order chi connectivity index (χ1) is 11.6. The van der Waals surface area contributed by atoms with Gasteiger partial charge in [0.2, 0.25) is 5.91 Å². The van der Waals surface area contributed by atoms with E-state index in [1.165, 1.54) is 6.42 Å². The van der Waals surface area contributed by atoms with Crippen molar-refractivity contribution in [2.75, 3.05) is 6.54 Å². The third kappa shape index (κ3) is 2.83. The Morgan fingerprint density at radius 3 is 2.52 bits per heavy atom. The van der Waals surface area contributed by atoms with Gasteiger partial charge in [0.25, 0.3) is 5.91 Å². The molecule has 3 fully saturated rings. The van der Waals surface area contributed by atoms with E-state index in [1.54, 1.807) is 0 Å². The van der Waals surface area contributed by atoms with Crippen LogP contribution in [-0.4, -0.2) is 41.4 Å². The fourth-order valence-corrected chi connectivity index (χ4v) is 5.16. The molecule has 0 spiro atoms. The predicted octanol–water partition coefficient (Wildman–Crippen LogP) is 2.28. The number of nitrogens with one attached hydrogen (secondary N) is 2. The van der Waals surface area contributed by atoms with Gasteiger partial charge < -0.3 is 10.6 Å². The van der Waals surface area contributed by atoms with Crippen LogP contribution in [0.15, 0.2) is 0 Å². The second-order valence-corrected chi connectivity index (χ2v) is 9.29. The highest BCUT2D eigenvalue weighted by Crippen LogP contribution is 2.65. The molecule has 4 atom stereocenters. The van der Waals surface area contributed by atoms with Crippen molar-refractivity contribution in [2.45, 2.75) is 72.4 Å². The molecule has 0 unspecified atom stereocenters. The molecule has 6 nitrogen and oxygen atoms in total. The van der Waals surface area contributed by atoms with Crippen molar-refractivity contribution >= 4 is 17.8 Å². The summed E-state index contributed by atoms with van der Waals surface area (Å²) in [4.78, 5) is 38.0. The van der Waals surface area contributed by atoms with E-state index >= 15 is 0 Å². The normalized spacial score (nSPS) is 36.2. The molecule has 140 valence electrons. The Labute approximate surface area is 150 Å². The van der Waals surface area contributed by atoms with Gasteiger partial charge in [-0.1, -0.05) is 34.6 Å². The van der Waals surface area contributed by atoms with Crippen LogP contribution < -0.4 is 10.6 Å². The number of rotatable bonds is 5. The average Bonchev–Trinajstić information content (AvgIpc) is 2.95. The zero-order chi connectivity index (χ0) is 18.6. The van der Waals surface area contributed by atoms with Crippen LogP contribution in [0.3, 0.4) is 0 Å². The quantitative estimate of drug-likeness (QED) is 0.748. The first kappa shape index (κ1) is 18.2. The number of urea groups is 1. The van der Waals surface area contributed by atoms with E-state index in [2.05, 4.69) is 31.4 Å². The van der Waals surface area contributed by atoms with Crippen LogP contribution in [-0.2, 0) is 9.59 Å². The van der Waals surface area contributed by atoms with Gasteiger partial charge in [-0.05, 0) is 48.3 Å². The first-order valence-corrected chi connectivity index (χ1v) is 9.47. The Hall–Kier alpha value is -1.59. The lowest BCUT2D eigenvalue weighted by Gasteiger charge is -2.39. The minimum absolute atomic E-state index is 0.0881. The molecule has 0 aromatic rings. The van der Waals surface area contributed by atoms with Crippen molar-refractivity contribution in [2.24, 2.45) is 22.7 Å². The van der Waals surface area contributed by atoms with E-state index in [-0.39, 0.29) is 35.2 Å². The maximum atomic E-state index is 12.5. The number of carbonyl (C=O) groups excluding carboxylic acids is 3. The van der Waals surface area contributed by atoms with Crippen LogP contribution in [0, 0.1) is 22.7 Å². The average molecular weight is 349 g/mol. The molecule has 2 N–H and O–H groups in total. The van der Waals surface area contributed by atoms with Crippen molar-refractivity contribution in [1.29, 1.82) is 0 Å². The molecule has 3 aliphatic rings. The van der Waals surface area contributed by atoms with Crippen LogP contribution in [0.2, 0.25) is 0 Å². The third-order valence-electron chi connectivity index (χ3n) is 7.25. The Morgan fingerprint density at radius 1 is 1.32 bits per heavy atom. The predicted molar refractivity (Wildman–Crippen MR) is 94.6 cm³/mol. The monoisotopic (exact) mass is 349 g/mol. The second-order valence-electron chi connectivity index (χ2n) is 9.29. The van der Waals surface area contributed by atoms with Gasteiger partial charge >= 0.3 is 6.03 Å². The summed E-state index contributed by atoms with van der Waals surface area (Å²) in [5.41, 5.74) is 0.304. The standard InChI is InChI=1S/C19H31N3O3/c1-11(2)8-13-16(24)22(17(25)20-13)10-15(23)21-14-9-12-6-7-19(14,5)18(12,3)4/h11-14H,6-10H2,1-5H3,(H,20,25)(H,21,23)/t12-,13+,14+,19-/m1/s1. The second kappa shape index (κ2) is 5.99. The molecule has 0 aromatic heterocycles. The number of carbonyl (C=O) groups is 3. The zero-order valence-corrected chi connectivity index (χ0v) is 16.0. The molecule has 1 aliphatic heterocycles. The van der Waals surface area contributed by atoms with Crippen LogP contribution in [0.25, 0.3) is 0 Å². The molecular weight excluding hydrogens is 318 g/mol. The summed E-state index contributed by atoms with van der Waals surface area (Å²) in [6, 6.07) is -0.828. The number of amides is 4. The smallest absolute Gasteiger partial charge is 0.325 e. The van der Waals surface area contributed by atoms with Gasteiger partial charge in [-0.15, -0.1) is 0 Å². The van der Waals surface area contributed by atoms with E-state index in [0.717, 1.165) is 17.7 Å². The molecule has 4 amide bonds. The Bertz CT molecular complexity index is 601. The molecule has 25 heavy (non-hydrogen) atoms. The number of fused-ring (bicyclic) bond motifs is 2. The van der Waals surface area contributed by atoms with Crippen LogP contribution in [0.4, 0.5) is 4.79 Å². The molecule has 6 heteroatoms. The lowest BCUT2D eigenvalue weighted by atomic mass is 9.69. The van der Waals surface area contributed by atoms with Gasteiger partial charge in [-0.25, -0.2) is 4.79 Å². The number of nitrogens with zero attached hydrogens (tertiary/aromatic N) is 1. The Morgan fingerprint density at radius 2 is 2.00 bits per heavy atom. The largest absolute Gasteiger partial charge is 0.351 e. The highest BCUT2D eigenvalue weighted by atomic mass is 16.2. The minimum atomic E-state index is -0.501. The minimum Gasteiger partial charge on any atom is -0.351 e. The number of imide groups is 1. The summed E-state index contributed by atoms with van der Waals surface area (Å²) in [5, 5.41) is 5.81. The van der Waals surface area contributed by atoms with Crippen molar-refractivity contribution in [1.82, 2.24) is 15.5 Å². The first-order valence-electron chi connectivity index (χ1n) is 9.47. The summed E-state index contributed by atoms with van der Waals surface area (Å²) >= 11 is 0. The zero-order valence-electron chi connectivity index (χ0n) is 16.0. The summed E-state index contributed by atoms with van der Waals surface area (Å²) in [6.07, 6.45) is 3.93. The summed E-state index contributed by atoms with van der Waals surface area (Å²) < 4.78 is 0. The lowest BCUT2D eigenvalue weighted by molar-refractivity contribution is -0.133. The fraction of sp³-hybridized carbons (Fsp3) is 0.842. The Kier molecular flexibility index (Phi) is 4.36. The molecule has 1 heterocycles. The van der Waals surface area contributed by atoms with Gasteiger partial charge in [-0.3, -0.25) is 14.5 Å². The molecule has 0 radical (unpaired) electrons. The van der Waals surface area contributed by atoms with Crippen molar-refractivity contribution in [3.05, 3.63) is 0 Å². The highest BCUT2D eigenvalue weighted by Gasteiger charge is 2.61. The van der Waals surface area contributed by atoms with Crippen LogP contribution >= 0.6 is 0 Å². The maximum absolute atomic E-state index is 12.5. The summed E-state index contributed by atoms with van der Waals surface area (Å²) in [5.74, 6) is 0.422. The van der Waals surface area contributed by atoms with E-state index in [9.17, 15) is 14.4 Å². The third-order valence-corrected chi connectivity index (χ3v) is 7.25. The van der Waals surface area contributed by atoms with Crippen LogP contribution in [0.1, 0.15) is 60.3 Å². The van der Waals surface area contributed by atoms with E-state index < -0.39 is 12.1 Å². The molecule has 2 bridgehead atoms. The maximum Gasteiger partial charge on any atom is 0.325 e. The van der Waals surface area contributed by atoms with Crippen molar-refractivity contribution in [3.63, 3.8) is 0 Å². The van der Waals surface area contributed by atoms with E-state index in [4.69, 9.17) is 0 Å². The molecule has 1 saturated heterocycles. The van der Waals surface area contributed by atoms with Gasteiger partial charge in [0.15, 0.2) is 0 Å². The van der Waals surface area contributed by atoms with Crippen molar-refractivity contribution in [3.8, 4) is 0 Å². The van der Waals surface area contributed by atoms with E-state index in [0.29, 0.717) is 18.3 Å². The van der Waals surface area contributed by atoms with Gasteiger partial charge in [0.1, 0.15) is 12.6 Å². The number of hydrogen-bond donors (Lipinski definition) is 2. The van der Waals surface area contributed by atoms with Gasteiger partial charge in [-0.2, -0.15) is 0 Å². The van der Waals surface area contributed by atoms with E-state index in [1.807, 2.05) is 13.8 Å². The topological polar surface area (TPSA) is 78.5 Å².